The highest BCUT2D eigenvalue weighted by Gasteiger charge is 2.48. The Morgan fingerprint density at radius 3 is 2.14 bits per heavy atom. The van der Waals surface area contributed by atoms with Gasteiger partial charge >= 0.3 is 6.03 Å². The number of fused-ring (bicyclic) bond motifs is 3. The first-order valence-electron chi connectivity index (χ1n) is 9.88. The van der Waals surface area contributed by atoms with Crippen LogP contribution in [-0.2, 0) is 0 Å². The highest BCUT2D eigenvalue weighted by Crippen LogP contribution is 2.44. The Morgan fingerprint density at radius 2 is 1.55 bits per heavy atom. The molecule has 2 amide bonds. The lowest BCUT2D eigenvalue weighted by atomic mass is 9.67. The van der Waals surface area contributed by atoms with Crippen LogP contribution in [0.3, 0.4) is 0 Å². The van der Waals surface area contributed by atoms with Crippen LogP contribution in [0.5, 0.6) is 0 Å². The Hall–Kier alpha value is -0.730. The second kappa shape index (κ2) is 11.8. The van der Waals surface area contributed by atoms with Crippen LogP contribution < -0.4 is 5.32 Å². The summed E-state index contributed by atoms with van der Waals surface area (Å²) in [6.07, 6.45) is 8.07. The minimum absolute atomic E-state index is 0.184. The van der Waals surface area contributed by atoms with Gasteiger partial charge in [-0.15, -0.1) is 0 Å². The van der Waals surface area contributed by atoms with Gasteiger partial charge in [0.05, 0.1) is 12.1 Å². The standard InChI is InChI=1S/C13H22N2O.3C2H6/c1-2-15-12-10-6-4-3-5-9(10)7-8-11(12)14-13(15)16;3*1-2/h9-12H,2-8H2,1H3,(H,14,16);3*1-2H3. The molecule has 3 rings (SSSR count). The van der Waals surface area contributed by atoms with E-state index in [1.54, 1.807) is 0 Å². The molecule has 3 nitrogen and oxygen atoms in total. The summed E-state index contributed by atoms with van der Waals surface area (Å²) in [6, 6.07) is 1.15. The SMILES string of the molecule is CC.CC.CC.CCN1C(=O)NC2CCC3CCCCC3C21. The second-order valence-corrected chi connectivity index (χ2v) is 5.62. The monoisotopic (exact) mass is 312 g/mol. The molecule has 3 aliphatic rings. The molecule has 1 aliphatic heterocycles. The lowest BCUT2D eigenvalue weighted by Gasteiger charge is -2.44. The molecular weight excluding hydrogens is 272 g/mol. The van der Waals surface area contributed by atoms with Crippen molar-refractivity contribution in [2.75, 3.05) is 6.54 Å². The summed E-state index contributed by atoms with van der Waals surface area (Å²) >= 11 is 0. The lowest BCUT2D eigenvalue weighted by Crippen LogP contribution is -2.49. The number of carbonyl (C=O) groups is 1. The van der Waals surface area contributed by atoms with Crippen LogP contribution in [0.25, 0.3) is 0 Å². The zero-order chi connectivity index (χ0) is 17.1. The van der Waals surface area contributed by atoms with Gasteiger partial charge < -0.3 is 10.2 Å². The molecule has 4 atom stereocenters. The molecule has 0 aromatic rings. The second-order valence-electron chi connectivity index (χ2n) is 5.62. The molecule has 3 heteroatoms. The number of likely N-dealkylation sites (N-methyl/N-ethyl adjacent to an activating group) is 1. The summed E-state index contributed by atoms with van der Waals surface area (Å²) in [5.74, 6) is 1.68. The Kier molecular flexibility index (Phi) is 11.4. The van der Waals surface area contributed by atoms with Crippen molar-refractivity contribution >= 4 is 6.03 Å². The number of nitrogens with one attached hydrogen (secondary N) is 1. The zero-order valence-electron chi connectivity index (χ0n) is 16.1. The Balaban J connectivity index is 0.000000661. The van der Waals surface area contributed by atoms with Gasteiger partial charge in [0.25, 0.3) is 0 Å². The molecule has 2 saturated carbocycles. The first-order valence-corrected chi connectivity index (χ1v) is 9.88. The minimum Gasteiger partial charge on any atom is -0.333 e. The highest BCUT2D eigenvalue weighted by molar-refractivity contribution is 5.77. The number of nitrogens with zero attached hydrogens (tertiary/aromatic N) is 1. The van der Waals surface area contributed by atoms with E-state index in [1.165, 1.54) is 38.5 Å². The fourth-order valence-corrected chi connectivity index (χ4v) is 4.24. The van der Waals surface area contributed by atoms with Gasteiger partial charge in [0.2, 0.25) is 0 Å². The topological polar surface area (TPSA) is 32.3 Å². The van der Waals surface area contributed by atoms with Crippen LogP contribution in [0, 0.1) is 11.8 Å². The predicted molar refractivity (Wildman–Crippen MR) is 97.2 cm³/mol. The maximum atomic E-state index is 11.9. The van der Waals surface area contributed by atoms with Crippen molar-refractivity contribution in [1.82, 2.24) is 10.2 Å². The lowest BCUT2D eigenvalue weighted by molar-refractivity contribution is 0.0743. The maximum absolute atomic E-state index is 11.9. The van der Waals surface area contributed by atoms with Crippen molar-refractivity contribution in [3.63, 3.8) is 0 Å². The van der Waals surface area contributed by atoms with Gasteiger partial charge in [0, 0.05) is 6.54 Å². The number of hydrogen-bond acceptors (Lipinski definition) is 1. The van der Waals surface area contributed by atoms with E-state index in [9.17, 15) is 4.79 Å². The van der Waals surface area contributed by atoms with Gasteiger partial charge in [0.1, 0.15) is 0 Å². The summed E-state index contributed by atoms with van der Waals surface area (Å²) in [4.78, 5) is 14.0. The van der Waals surface area contributed by atoms with Crippen LogP contribution in [0.15, 0.2) is 0 Å². The summed E-state index contributed by atoms with van der Waals surface area (Å²) in [5, 5.41) is 3.18. The van der Waals surface area contributed by atoms with Crippen LogP contribution in [0.2, 0.25) is 0 Å². The first-order chi connectivity index (χ1) is 10.8. The van der Waals surface area contributed by atoms with E-state index in [0.29, 0.717) is 12.1 Å². The van der Waals surface area contributed by atoms with Crippen molar-refractivity contribution < 1.29 is 4.79 Å². The molecule has 22 heavy (non-hydrogen) atoms. The molecule has 0 spiro atoms. The zero-order valence-corrected chi connectivity index (χ0v) is 16.1. The number of amides is 2. The Bertz CT molecular complexity index is 293. The van der Waals surface area contributed by atoms with Crippen molar-refractivity contribution in [1.29, 1.82) is 0 Å². The Morgan fingerprint density at radius 1 is 0.955 bits per heavy atom. The van der Waals surface area contributed by atoms with Crippen LogP contribution >= 0.6 is 0 Å². The maximum Gasteiger partial charge on any atom is 0.318 e. The van der Waals surface area contributed by atoms with Crippen molar-refractivity contribution in [2.24, 2.45) is 11.8 Å². The molecule has 132 valence electrons. The van der Waals surface area contributed by atoms with E-state index in [0.717, 1.165) is 18.4 Å². The average Bonchev–Trinajstić information content (AvgIpc) is 2.96. The molecule has 2 aliphatic carbocycles. The largest absolute Gasteiger partial charge is 0.333 e. The van der Waals surface area contributed by atoms with Crippen molar-refractivity contribution in [3.05, 3.63) is 0 Å². The molecule has 0 bridgehead atoms. The molecule has 1 heterocycles. The number of hydrogen-bond donors (Lipinski definition) is 1. The molecule has 4 unspecified atom stereocenters. The third-order valence-corrected chi connectivity index (χ3v) is 4.94. The predicted octanol–water partition coefficient (Wildman–Crippen LogP) is 5.45. The van der Waals surface area contributed by atoms with Crippen molar-refractivity contribution in [2.45, 2.75) is 99.1 Å². The molecule has 1 N–H and O–H groups in total. The van der Waals surface area contributed by atoms with E-state index in [-0.39, 0.29) is 6.03 Å². The van der Waals surface area contributed by atoms with Gasteiger partial charge in [0.15, 0.2) is 0 Å². The molecule has 3 fully saturated rings. The van der Waals surface area contributed by atoms with Crippen molar-refractivity contribution in [3.8, 4) is 0 Å². The van der Waals surface area contributed by atoms with Gasteiger partial charge in [-0.1, -0.05) is 60.8 Å². The third kappa shape index (κ3) is 4.63. The molecular formula is C19H40N2O. The average molecular weight is 313 g/mol. The smallest absolute Gasteiger partial charge is 0.318 e. The van der Waals surface area contributed by atoms with E-state index in [4.69, 9.17) is 0 Å². The molecule has 0 aromatic carbocycles. The normalized spacial score (nSPS) is 31.8. The number of urea groups is 1. The van der Waals surface area contributed by atoms with Gasteiger partial charge in [-0.25, -0.2) is 4.79 Å². The van der Waals surface area contributed by atoms with Gasteiger partial charge in [-0.3, -0.25) is 0 Å². The van der Waals surface area contributed by atoms with Gasteiger partial charge in [-0.05, 0) is 38.0 Å². The van der Waals surface area contributed by atoms with Crippen LogP contribution in [0.1, 0.15) is 87.0 Å². The quantitative estimate of drug-likeness (QED) is 0.686. The van der Waals surface area contributed by atoms with Crippen LogP contribution in [0.4, 0.5) is 4.79 Å². The summed E-state index contributed by atoms with van der Waals surface area (Å²) in [6.45, 7) is 15.0. The summed E-state index contributed by atoms with van der Waals surface area (Å²) in [7, 11) is 0. The fraction of sp³-hybridized carbons (Fsp3) is 0.947. The molecule has 0 radical (unpaired) electrons. The highest BCUT2D eigenvalue weighted by atomic mass is 16.2. The van der Waals surface area contributed by atoms with E-state index in [2.05, 4.69) is 17.1 Å². The third-order valence-electron chi connectivity index (χ3n) is 4.94. The summed E-state index contributed by atoms with van der Waals surface area (Å²) < 4.78 is 0. The minimum atomic E-state index is 0.184. The Labute approximate surface area is 139 Å². The van der Waals surface area contributed by atoms with E-state index < -0.39 is 0 Å². The summed E-state index contributed by atoms with van der Waals surface area (Å²) in [5.41, 5.74) is 0. The molecule has 0 aromatic heterocycles. The van der Waals surface area contributed by atoms with Gasteiger partial charge in [-0.2, -0.15) is 0 Å². The number of carbonyl (C=O) groups excluding carboxylic acids is 1. The number of rotatable bonds is 1. The van der Waals surface area contributed by atoms with E-state index >= 15 is 0 Å². The molecule has 1 saturated heterocycles. The fourth-order valence-electron chi connectivity index (χ4n) is 4.24. The first kappa shape index (κ1) is 21.3. The van der Waals surface area contributed by atoms with Crippen LogP contribution in [-0.4, -0.2) is 29.6 Å². The van der Waals surface area contributed by atoms with E-state index in [1.807, 2.05) is 41.5 Å².